The average molecular weight is 259 g/mol. The molecule has 1 fully saturated rings. The molecule has 0 saturated heterocycles. The molecule has 1 aliphatic rings. The molecular formula is C16H15F2N. The predicted molar refractivity (Wildman–Crippen MR) is 72.1 cm³/mol. The summed E-state index contributed by atoms with van der Waals surface area (Å²) in [5.74, 6) is -0.908. The van der Waals surface area contributed by atoms with Crippen molar-refractivity contribution in [3.8, 4) is 0 Å². The van der Waals surface area contributed by atoms with E-state index in [4.69, 9.17) is 0 Å². The molecule has 0 spiro atoms. The molecule has 0 heterocycles. The highest BCUT2D eigenvalue weighted by molar-refractivity contribution is 5.45. The SMILES string of the molecule is Fc1cccc(NCc2ccc(C3CC3)cc2)c1F. The number of nitrogens with one attached hydrogen (secondary N) is 1. The van der Waals surface area contributed by atoms with E-state index in [0.29, 0.717) is 6.54 Å². The van der Waals surface area contributed by atoms with Gasteiger partial charge in [0, 0.05) is 6.54 Å². The van der Waals surface area contributed by atoms with Crippen LogP contribution < -0.4 is 5.32 Å². The molecule has 3 heteroatoms. The van der Waals surface area contributed by atoms with E-state index in [-0.39, 0.29) is 5.69 Å². The normalized spacial score (nSPS) is 14.4. The van der Waals surface area contributed by atoms with Gasteiger partial charge in [0.25, 0.3) is 0 Å². The summed E-state index contributed by atoms with van der Waals surface area (Å²) in [7, 11) is 0. The zero-order valence-electron chi connectivity index (χ0n) is 10.5. The molecule has 0 unspecified atom stereocenters. The van der Waals surface area contributed by atoms with Crippen molar-refractivity contribution >= 4 is 5.69 Å². The molecule has 0 amide bonds. The van der Waals surface area contributed by atoms with Crippen LogP contribution in [0.15, 0.2) is 42.5 Å². The Morgan fingerprint density at radius 2 is 1.74 bits per heavy atom. The van der Waals surface area contributed by atoms with E-state index in [1.807, 2.05) is 12.1 Å². The van der Waals surface area contributed by atoms with Gasteiger partial charge < -0.3 is 5.32 Å². The first kappa shape index (κ1) is 12.2. The number of halogens is 2. The van der Waals surface area contributed by atoms with E-state index in [2.05, 4.69) is 17.4 Å². The van der Waals surface area contributed by atoms with E-state index in [1.54, 1.807) is 0 Å². The lowest BCUT2D eigenvalue weighted by atomic mass is 10.1. The van der Waals surface area contributed by atoms with Crippen molar-refractivity contribution in [2.24, 2.45) is 0 Å². The largest absolute Gasteiger partial charge is 0.379 e. The van der Waals surface area contributed by atoms with Crippen molar-refractivity contribution in [2.75, 3.05) is 5.32 Å². The van der Waals surface area contributed by atoms with Crippen LogP contribution in [0.25, 0.3) is 0 Å². The van der Waals surface area contributed by atoms with Gasteiger partial charge in [-0.25, -0.2) is 8.78 Å². The minimum Gasteiger partial charge on any atom is -0.379 e. The first-order valence-corrected chi connectivity index (χ1v) is 6.51. The van der Waals surface area contributed by atoms with Crippen molar-refractivity contribution in [3.05, 3.63) is 65.2 Å². The molecule has 0 radical (unpaired) electrons. The first-order valence-electron chi connectivity index (χ1n) is 6.51. The van der Waals surface area contributed by atoms with Crippen molar-refractivity contribution in [1.29, 1.82) is 0 Å². The third-order valence-corrected chi connectivity index (χ3v) is 3.46. The fraction of sp³-hybridized carbons (Fsp3) is 0.250. The summed E-state index contributed by atoms with van der Waals surface area (Å²) in [4.78, 5) is 0. The zero-order valence-corrected chi connectivity index (χ0v) is 10.5. The topological polar surface area (TPSA) is 12.0 Å². The van der Waals surface area contributed by atoms with Crippen molar-refractivity contribution < 1.29 is 8.78 Å². The second-order valence-corrected chi connectivity index (χ2v) is 4.97. The second kappa shape index (κ2) is 5.00. The van der Waals surface area contributed by atoms with Gasteiger partial charge in [-0.1, -0.05) is 30.3 Å². The Labute approximate surface area is 111 Å². The summed E-state index contributed by atoms with van der Waals surface area (Å²) in [6, 6.07) is 12.5. The first-order chi connectivity index (χ1) is 9.24. The molecule has 1 N–H and O–H groups in total. The summed E-state index contributed by atoms with van der Waals surface area (Å²) in [6.07, 6.45) is 2.57. The summed E-state index contributed by atoms with van der Waals surface area (Å²) >= 11 is 0. The number of rotatable bonds is 4. The van der Waals surface area contributed by atoms with Gasteiger partial charge in [0.15, 0.2) is 11.6 Å². The smallest absolute Gasteiger partial charge is 0.181 e. The van der Waals surface area contributed by atoms with E-state index in [9.17, 15) is 8.78 Å². The summed E-state index contributed by atoms with van der Waals surface area (Å²) in [5.41, 5.74) is 2.64. The minimum atomic E-state index is -0.825. The van der Waals surface area contributed by atoms with Gasteiger partial charge >= 0.3 is 0 Å². The quantitative estimate of drug-likeness (QED) is 0.855. The number of hydrogen-bond acceptors (Lipinski definition) is 1. The van der Waals surface area contributed by atoms with Gasteiger partial charge in [0.1, 0.15) is 0 Å². The highest BCUT2D eigenvalue weighted by atomic mass is 19.2. The fourth-order valence-corrected chi connectivity index (χ4v) is 2.16. The van der Waals surface area contributed by atoms with E-state index < -0.39 is 11.6 Å². The van der Waals surface area contributed by atoms with Crippen LogP contribution in [-0.2, 0) is 6.54 Å². The lowest BCUT2D eigenvalue weighted by Crippen LogP contribution is -2.02. The highest BCUT2D eigenvalue weighted by Gasteiger charge is 2.22. The molecule has 1 aliphatic carbocycles. The molecule has 19 heavy (non-hydrogen) atoms. The summed E-state index contributed by atoms with van der Waals surface area (Å²) < 4.78 is 26.5. The van der Waals surface area contributed by atoms with Crippen LogP contribution in [0.3, 0.4) is 0 Å². The van der Waals surface area contributed by atoms with E-state index in [1.165, 1.54) is 30.5 Å². The summed E-state index contributed by atoms with van der Waals surface area (Å²) in [6.45, 7) is 0.491. The number of benzene rings is 2. The maximum atomic E-state index is 13.4. The maximum Gasteiger partial charge on any atom is 0.181 e. The third kappa shape index (κ3) is 2.75. The maximum absolute atomic E-state index is 13.4. The minimum absolute atomic E-state index is 0.200. The lowest BCUT2D eigenvalue weighted by Gasteiger charge is -2.08. The van der Waals surface area contributed by atoms with Gasteiger partial charge in [0.2, 0.25) is 0 Å². The Morgan fingerprint density at radius 1 is 1.00 bits per heavy atom. The van der Waals surface area contributed by atoms with Gasteiger partial charge in [-0.2, -0.15) is 0 Å². The fourth-order valence-electron chi connectivity index (χ4n) is 2.16. The third-order valence-electron chi connectivity index (χ3n) is 3.46. The zero-order chi connectivity index (χ0) is 13.2. The van der Waals surface area contributed by atoms with Gasteiger partial charge in [-0.3, -0.25) is 0 Å². The van der Waals surface area contributed by atoms with Gasteiger partial charge in [0.05, 0.1) is 5.69 Å². The molecule has 2 aromatic rings. The Hall–Kier alpha value is -1.90. The van der Waals surface area contributed by atoms with Crippen molar-refractivity contribution in [1.82, 2.24) is 0 Å². The molecule has 1 nitrogen and oxygen atoms in total. The van der Waals surface area contributed by atoms with Crippen LogP contribution in [-0.4, -0.2) is 0 Å². The Balaban J connectivity index is 1.66. The number of anilines is 1. The van der Waals surface area contributed by atoms with Crippen LogP contribution in [0.5, 0.6) is 0 Å². The van der Waals surface area contributed by atoms with E-state index >= 15 is 0 Å². The molecule has 0 aliphatic heterocycles. The Kier molecular flexibility index (Phi) is 3.20. The molecule has 0 atom stereocenters. The molecular weight excluding hydrogens is 244 g/mol. The van der Waals surface area contributed by atoms with Crippen LogP contribution in [0.4, 0.5) is 14.5 Å². The highest BCUT2D eigenvalue weighted by Crippen LogP contribution is 2.39. The Bertz CT molecular complexity index is 574. The predicted octanol–water partition coefficient (Wildman–Crippen LogP) is 4.45. The monoisotopic (exact) mass is 259 g/mol. The molecule has 3 rings (SSSR count). The second-order valence-electron chi connectivity index (χ2n) is 4.97. The van der Waals surface area contributed by atoms with Crippen LogP contribution in [0.2, 0.25) is 0 Å². The van der Waals surface area contributed by atoms with Crippen LogP contribution in [0, 0.1) is 11.6 Å². The van der Waals surface area contributed by atoms with E-state index in [0.717, 1.165) is 17.5 Å². The Morgan fingerprint density at radius 3 is 2.42 bits per heavy atom. The van der Waals surface area contributed by atoms with Gasteiger partial charge in [-0.05, 0) is 42.0 Å². The average Bonchev–Trinajstić information content (AvgIpc) is 3.26. The van der Waals surface area contributed by atoms with Crippen LogP contribution in [0.1, 0.15) is 29.9 Å². The number of hydrogen-bond donors (Lipinski definition) is 1. The van der Waals surface area contributed by atoms with Crippen LogP contribution >= 0.6 is 0 Å². The standard InChI is InChI=1S/C16H15F2N/c17-14-2-1-3-15(16(14)18)19-10-11-4-6-12(7-5-11)13-8-9-13/h1-7,13,19H,8-10H2. The molecule has 0 aromatic heterocycles. The van der Waals surface area contributed by atoms with Crippen molar-refractivity contribution in [2.45, 2.75) is 25.3 Å². The lowest BCUT2D eigenvalue weighted by molar-refractivity contribution is 0.511. The molecule has 2 aromatic carbocycles. The van der Waals surface area contributed by atoms with Crippen molar-refractivity contribution in [3.63, 3.8) is 0 Å². The molecule has 0 bridgehead atoms. The van der Waals surface area contributed by atoms with Gasteiger partial charge in [-0.15, -0.1) is 0 Å². The molecule has 1 saturated carbocycles. The summed E-state index contributed by atoms with van der Waals surface area (Å²) in [5, 5.41) is 2.92. The molecule has 98 valence electrons.